The van der Waals surface area contributed by atoms with Crippen LogP contribution in [0.4, 0.5) is 4.39 Å². The maximum absolute atomic E-state index is 13.3. The molecule has 3 rings (SSSR count). The summed E-state index contributed by atoms with van der Waals surface area (Å²) in [6.45, 7) is 5.63. The van der Waals surface area contributed by atoms with Gasteiger partial charge in [-0.15, -0.1) is 0 Å². The number of rotatable bonds is 3. The quantitative estimate of drug-likeness (QED) is 0.804. The van der Waals surface area contributed by atoms with Crippen LogP contribution in [0.1, 0.15) is 40.3 Å². The van der Waals surface area contributed by atoms with Gasteiger partial charge in [0, 0.05) is 29.8 Å². The number of nitrogens with one attached hydrogen (secondary N) is 1. The summed E-state index contributed by atoms with van der Waals surface area (Å²) in [6, 6.07) is 5.93. The first-order valence-electron chi connectivity index (χ1n) is 7.73. The van der Waals surface area contributed by atoms with E-state index in [2.05, 4.69) is 15.4 Å². The van der Waals surface area contributed by atoms with Crippen LogP contribution in [0, 0.1) is 19.7 Å². The van der Waals surface area contributed by atoms with Crippen LogP contribution in [0.25, 0.3) is 10.9 Å². The highest BCUT2D eigenvalue weighted by Crippen LogP contribution is 2.20. The van der Waals surface area contributed by atoms with Crippen LogP contribution < -0.4 is 5.32 Å². The molecule has 1 unspecified atom stereocenters. The van der Waals surface area contributed by atoms with Gasteiger partial charge in [-0.25, -0.2) is 4.39 Å². The Morgan fingerprint density at radius 3 is 2.71 bits per heavy atom. The number of carbonyl (C=O) groups is 1. The molecule has 0 aliphatic carbocycles. The Hall–Kier alpha value is -2.76. The van der Waals surface area contributed by atoms with Gasteiger partial charge in [0.15, 0.2) is 0 Å². The summed E-state index contributed by atoms with van der Waals surface area (Å²) in [5.41, 5.74) is 3.58. The van der Waals surface area contributed by atoms with Crippen molar-refractivity contribution in [2.24, 2.45) is 7.05 Å². The minimum absolute atomic E-state index is 0.172. The highest BCUT2D eigenvalue weighted by Gasteiger charge is 2.18. The normalized spacial score (nSPS) is 12.4. The van der Waals surface area contributed by atoms with Crippen molar-refractivity contribution < 1.29 is 9.18 Å². The third-order valence-corrected chi connectivity index (χ3v) is 4.30. The highest BCUT2D eigenvalue weighted by atomic mass is 19.1. The van der Waals surface area contributed by atoms with Crippen molar-refractivity contribution in [1.82, 2.24) is 20.1 Å². The molecule has 6 heteroatoms. The number of aromatic nitrogens is 3. The smallest absolute Gasteiger partial charge is 0.253 e. The number of fused-ring (bicyclic) bond motifs is 1. The Morgan fingerprint density at radius 1 is 1.29 bits per heavy atom. The topological polar surface area (TPSA) is 59.8 Å². The average Bonchev–Trinajstić information content (AvgIpc) is 2.86. The van der Waals surface area contributed by atoms with Crippen LogP contribution >= 0.6 is 0 Å². The fourth-order valence-electron chi connectivity index (χ4n) is 2.76. The largest absolute Gasteiger partial charge is 0.345 e. The molecule has 0 aliphatic rings. The summed E-state index contributed by atoms with van der Waals surface area (Å²) in [4.78, 5) is 17.0. The minimum atomic E-state index is -0.340. The molecule has 1 aromatic carbocycles. The molecule has 1 atom stereocenters. The summed E-state index contributed by atoms with van der Waals surface area (Å²) >= 11 is 0. The molecule has 124 valence electrons. The second kappa shape index (κ2) is 6.03. The van der Waals surface area contributed by atoms with E-state index in [9.17, 15) is 9.18 Å². The molecule has 0 saturated heterocycles. The highest BCUT2D eigenvalue weighted by molar-refractivity contribution is 5.98. The number of nitrogens with zero attached hydrogens (tertiary/aromatic N) is 3. The summed E-state index contributed by atoms with van der Waals surface area (Å²) in [6.07, 6.45) is 1.76. The van der Waals surface area contributed by atoms with Crippen LogP contribution in [-0.4, -0.2) is 20.7 Å². The second-order valence-corrected chi connectivity index (χ2v) is 5.96. The first-order chi connectivity index (χ1) is 11.4. The van der Waals surface area contributed by atoms with Gasteiger partial charge in [-0.2, -0.15) is 5.10 Å². The lowest BCUT2D eigenvalue weighted by molar-refractivity contribution is 0.0939. The number of hydrogen-bond donors (Lipinski definition) is 1. The van der Waals surface area contributed by atoms with Crippen molar-refractivity contribution in [2.75, 3.05) is 0 Å². The first kappa shape index (κ1) is 16.1. The van der Waals surface area contributed by atoms with Crippen LogP contribution in [-0.2, 0) is 7.05 Å². The molecule has 0 radical (unpaired) electrons. The van der Waals surface area contributed by atoms with Gasteiger partial charge in [-0.3, -0.25) is 14.5 Å². The van der Waals surface area contributed by atoms with Crippen molar-refractivity contribution in [2.45, 2.75) is 26.8 Å². The molecule has 0 saturated carbocycles. The Balaban J connectivity index is 1.89. The number of hydrogen-bond acceptors (Lipinski definition) is 3. The zero-order valence-electron chi connectivity index (χ0n) is 14.1. The van der Waals surface area contributed by atoms with Gasteiger partial charge in [0.25, 0.3) is 5.91 Å². The second-order valence-electron chi connectivity index (χ2n) is 5.96. The molecule has 2 heterocycles. The van der Waals surface area contributed by atoms with Gasteiger partial charge in [0.05, 0.1) is 29.0 Å². The Morgan fingerprint density at radius 2 is 2.04 bits per heavy atom. The van der Waals surface area contributed by atoms with E-state index in [4.69, 9.17) is 0 Å². The Labute approximate surface area is 139 Å². The van der Waals surface area contributed by atoms with E-state index in [-0.39, 0.29) is 17.8 Å². The fourth-order valence-corrected chi connectivity index (χ4v) is 2.76. The standard InChI is InChI=1S/C18H19FN4O/c1-10-15(7-13-5-6-14(19)8-17(13)21-10)18(24)22-11(2)16-9-20-23(4)12(16)3/h5-9,11H,1-4H3,(H,22,24). The average molecular weight is 326 g/mol. The van der Waals surface area contributed by atoms with E-state index in [0.717, 1.165) is 16.6 Å². The number of halogens is 1. The number of pyridine rings is 1. The van der Waals surface area contributed by atoms with Crippen LogP contribution in [0.3, 0.4) is 0 Å². The summed E-state index contributed by atoms with van der Waals surface area (Å²) in [7, 11) is 1.86. The molecule has 24 heavy (non-hydrogen) atoms. The predicted octanol–water partition coefficient (Wildman–Crippen LogP) is 3.22. The lowest BCUT2D eigenvalue weighted by Gasteiger charge is -2.15. The van der Waals surface area contributed by atoms with Crippen LogP contribution in [0.15, 0.2) is 30.5 Å². The minimum Gasteiger partial charge on any atom is -0.345 e. The van der Waals surface area contributed by atoms with Crippen molar-refractivity contribution in [1.29, 1.82) is 0 Å². The third kappa shape index (κ3) is 2.87. The third-order valence-electron chi connectivity index (χ3n) is 4.30. The van der Waals surface area contributed by atoms with Gasteiger partial charge in [-0.1, -0.05) is 0 Å². The van der Waals surface area contributed by atoms with E-state index in [1.807, 2.05) is 20.9 Å². The molecular formula is C18H19FN4O. The van der Waals surface area contributed by atoms with Gasteiger partial charge in [0.2, 0.25) is 0 Å². The van der Waals surface area contributed by atoms with E-state index in [1.165, 1.54) is 12.1 Å². The predicted molar refractivity (Wildman–Crippen MR) is 90.3 cm³/mol. The summed E-state index contributed by atoms with van der Waals surface area (Å²) in [5, 5.41) is 7.91. The van der Waals surface area contributed by atoms with Crippen molar-refractivity contribution in [3.8, 4) is 0 Å². The molecular weight excluding hydrogens is 307 g/mol. The molecule has 5 nitrogen and oxygen atoms in total. The Kier molecular flexibility index (Phi) is 4.05. The zero-order chi connectivity index (χ0) is 17.4. The summed E-state index contributed by atoms with van der Waals surface area (Å²) < 4.78 is 15.1. The Bertz CT molecular complexity index is 932. The van der Waals surface area contributed by atoms with E-state index in [1.54, 1.807) is 29.9 Å². The van der Waals surface area contributed by atoms with Crippen molar-refractivity contribution in [3.05, 3.63) is 58.8 Å². The van der Waals surface area contributed by atoms with Gasteiger partial charge >= 0.3 is 0 Å². The van der Waals surface area contributed by atoms with Crippen LogP contribution in [0.2, 0.25) is 0 Å². The molecule has 0 aliphatic heterocycles. The fraction of sp³-hybridized carbons (Fsp3) is 0.278. The van der Waals surface area contributed by atoms with Gasteiger partial charge in [-0.05, 0) is 39.0 Å². The molecule has 2 aromatic heterocycles. The molecule has 0 spiro atoms. The first-order valence-corrected chi connectivity index (χ1v) is 7.73. The monoisotopic (exact) mass is 326 g/mol. The molecule has 0 fully saturated rings. The van der Waals surface area contributed by atoms with Crippen LogP contribution in [0.5, 0.6) is 0 Å². The number of carbonyl (C=O) groups excluding carboxylic acids is 1. The number of benzene rings is 1. The van der Waals surface area contributed by atoms with Crippen molar-refractivity contribution >= 4 is 16.8 Å². The van der Waals surface area contributed by atoms with Crippen molar-refractivity contribution in [3.63, 3.8) is 0 Å². The zero-order valence-corrected chi connectivity index (χ0v) is 14.1. The molecule has 1 N–H and O–H groups in total. The molecule has 0 bridgehead atoms. The van der Waals surface area contributed by atoms with Gasteiger partial charge in [0.1, 0.15) is 5.82 Å². The van der Waals surface area contributed by atoms with Gasteiger partial charge < -0.3 is 5.32 Å². The van der Waals surface area contributed by atoms with E-state index < -0.39 is 0 Å². The lowest BCUT2D eigenvalue weighted by atomic mass is 10.1. The maximum Gasteiger partial charge on any atom is 0.253 e. The van der Waals surface area contributed by atoms with E-state index >= 15 is 0 Å². The molecule has 1 amide bonds. The maximum atomic E-state index is 13.3. The lowest BCUT2D eigenvalue weighted by Crippen LogP contribution is -2.27. The van der Waals surface area contributed by atoms with E-state index in [0.29, 0.717) is 16.8 Å². The SMILES string of the molecule is Cc1nc2cc(F)ccc2cc1C(=O)NC(C)c1cnn(C)c1C. The number of amides is 1. The summed E-state index contributed by atoms with van der Waals surface area (Å²) in [5.74, 6) is -0.547. The molecule has 3 aromatic rings. The number of aryl methyl sites for hydroxylation is 2.